The van der Waals surface area contributed by atoms with E-state index in [4.69, 9.17) is 0 Å². The molecule has 2 aromatic rings. The van der Waals surface area contributed by atoms with Crippen LogP contribution in [0.25, 0.3) is 0 Å². The van der Waals surface area contributed by atoms with Gasteiger partial charge in [-0.25, -0.2) is 4.99 Å². The number of halogens is 2. The van der Waals surface area contributed by atoms with Crippen LogP contribution in [0.2, 0.25) is 0 Å². The van der Waals surface area contributed by atoms with Gasteiger partial charge in [-0.15, -0.1) is 4.40 Å². The van der Waals surface area contributed by atoms with Crippen molar-refractivity contribution in [2.45, 2.75) is 11.8 Å². The van der Waals surface area contributed by atoms with E-state index in [0.717, 1.165) is 5.56 Å². The van der Waals surface area contributed by atoms with Crippen LogP contribution in [0.1, 0.15) is 11.1 Å². The molecule has 142 valence electrons. The fourth-order valence-corrected chi connectivity index (χ4v) is 4.46. The minimum atomic E-state index is -3.96. The Morgan fingerprint density at radius 2 is 1.46 bits per heavy atom. The molecule has 28 heavy (non-hydrogen) atoms. The monoisotopic (exact) mass is 520 g/mol. The molecule has 0 radical (unpaired) electrons. The molecule has 0 unspecified atom stereocenters. The number of amidine groups is 1. The number of hydrogen-bond donors (Lipinski definition) is 0. The summed E-state index contributed by atoms with van der Waals surface area (Å²) in [7, 11) is -3.96. The Bertz CT molecular complexity index is 1120. The SMILES string of the molecule is Cc1ccc(S(=O)(=O)N=C(N=C2C=C(Br)C(=O)C(Br)=C2)c2ccccc2)cc1. The van der Waals surface area contributed by atoms with E-state index in [-0.39, 0.29) is 16.5 Å². The predicted octanol–water partition coefficient (Wildman–Crippen LogP) is 4.71. The Balaban J connectivity index is 2.14. The number of sulfonamides is 1. The van der Waals surface area contributed by atoms with Gasteiger partial charge in [-0.1, -0.05) is 48.0 Å². The van der Waals surface area contributed by atoms with Crippen LogP contribution < -0.4 is 0 Å². The first-order chi connectivity index (χ1) is 13.3. The van der Waals surface area contributed by atoms with Crippen molar-refractivity contribution in [1.82, 2.24) is 0 Å². The quantitative estimate of drug-likeness (QED) is 0.333. The second-order valence-electron chi connectivity index (χ2n) is 5.92. The maximum atomic E-state index is 12.8. The maximum absolute atomic E-state index is 12.8. The van der Waals surface area contributed by atoms with Gasteiger partial charge in [-0.2, -0.15) is 8.42 Å². The molecule has 0 aliphatic heterocycles. The molecular weight excluding hydrogens is 508 g/mol. The molecule has 0 aromatic heterocycles. The third-order valence-corrected chi connectivity index (χ3v) is 6.23. The third kappa shape index (κ3) is 4.81. The van der Waals surface area contributed by atoms with Crippen molar-refractivity contribution in [1.29, 1.82) is 0 Å². The molecule has 0 saturated heterocycles. The lowest BCUT2D eigenvalue weighted by Crippen LogP contribution is -2.11. The van der Waals surface area contributed by atoms with Crippen molar-refractivity contribution in [3.05, 3.63) is 86.8 Å². The molecule has 0 saturated carbocycles. The van der Waals surface area contributed by atoms with Gasteiger partial charge in [-0.05, 0) is 63.1 Å². The average molecular weight is 522 g/mol. The molecule has 2 aromatic carbocycles. The van der Waals surface area contributed by atoms with Crippen LogP contribution in [-0.4, -0.2) is 25.7 Å². The molecule has 0 fully saturated rings. The van der Waals surface area contributed by atoms with Gasteiger partial charge in [-0.3, -0.25) is 4.79 Å². The van der Waals surface area contributed by atoms with Gasteiger partial charge in [0.2, 0.25) is 5.78 Å². The van der Waals surface area contributed by atoms with Crippen LogP contribution >= 0.6 is 31.9 Å². The van der Waals surface area contributed by atoms with Crippen molar-refractivity contribution in [2.75, 3.05) is 0 Å². The van der Waals surface area contributed by atoms with Gasteiger partial charge in [0.25, 0.3) is 10.0 Å². The number of carbonyl (C=O) groups excluding carboxylic acids is 1. The first-order valence-electron chi connectivity index (χ1n) is 8.11. The number of ketones is 1. The summed E-state index contributed by atoms with van der Waals surface area (Å²) in [5.74, 6) is -0.192. The first-order valence-corrected chi connectivity index (χ1v) is 11.1. The molecule has 1 aliphatic carbocycles. The van der Waals surface area contributed by atoms with E-state index in [9.17, 15) is 13.2 Å². The summed E-state index contributed by atoms with van der Waals surface area (Å²) in [6, 6.07) is 15.2. The lowest BCUT2D eigenvalue weighted by Gasteiger charge is -2.08. The van der Waals surface area contributed by atoms with E-state index in [1.807, 2.05) is 13.0 Å². The summed E-state index contributed by atoms with van der Waals surface area (Å²) in [5.41, 5.74) is 1.87. The summed E-state index contributed by atoms with van der Waals surface area (Å²) in [6.45, 7) is 1.87. The number of aliphatic imine (C=N–C) groups is 1. The first kappa shape index (κ1) is 20.6. The van der Waals surface area contributed by atoms with E-state index < -0.39 is 10.0 Å². The van der Waals surface area contributed by atoms with Crippen LogP contribution in [0.5, 0.6) is 0 Å². The molecule has 0 atom stereocenters. The average Bonchev–Trinajstić information content (AvgIpc) is 2.66. The summed E-state index contributed by atoms with van der Waals surface area (Å²) >= 11 is 6.37. The zero-order chi connectivity index (χ0) is 20.3. The Morgan fingerprint density at radius 3 is 2.04 bits per heavy atom. The molecule has 0 spiro atoms. The Morgan fingerprint density at radius 1 is 0.893 bits per heavy atom. The number of nitrogens with zero attached hydrogens (tertiary/aromatic N) is 2. The maximum Gasteiger partial charge on any atom is 0.284 e. The number of rotatable bonds is 3. The largest absolute Gasteiger partial charge is 0.287 e. The molecule has 5 nitrogen and oxygen atoms in total. The van der Waals surface area contributed by atoms with Crippen molar-refractivity contribution in [3.8, 4) is 0 Å². The van der Waals surface area contributed by atoms with Gasteiger partial charge in [0.15, 0.2) is 5.84 Å². The highest BCUT2D eigenvalue weighted by Crippen LogP contribution is 2.23. The molecular formula is C20H14Br2N2O3S. The highest BCUT2D eigenvalue weighted by atomic mass is 79.9. The topological polar surface area (TPSA) is 75.9 Å². The number of aryl methyl sites for hydroxylation is 1. The number of benzene rings is 2. The lowest BCUT2D eigenvalue weighted by molar-refractivity contribution is -0.110. The van der Waals surface area contributed by atoms with E-state index in [0.29, 0.717) is 20.2 Å². The Hall–Kier alpha value is -2.16. The summed E-state index contributed by atoms with van der Waals surface area (Å²) in [6.07, 6.45) is 3.04. The van der Waals surface area contributed by atoms with E-state index in [2.05, 4.69) is 41.3 Å². The van der Waals surface area contributed by atoms with Crippen LogP contribution in [-0.2, 0) is 14.8 Å². The molecule has 1 aliphatic rings. The van der Waals surface area contributed by atoms with Crippen molar-refractivity contribution < 1.29 is 13.2 Å². The number of Topliss-reactive ketones (excluding diaryl/α,β-unsaturated/α-hetero) is 1. The normalized spacial score (nSPS) is 15.2. The fraction of sp³-hybridized carbons (Fsp3) is 0.0500. The highest BCUT2D eigenvalue weighted by molar-refractivity contribution is 9.13. The van der Waals surface area contributed by atoms with Crippen LogP contribution in [0.15, 0.2) is 90.0 Å². The zero-order valence-electron chi connectivity index (χ0n) is 14.6. The second kappa shape index (κ2) is 8.46. The fourth-order valence-electron chi connectivity index (χ4n) is 2.34. The molecule has 0 N–H and O–H groups in total. The summed E-state index contributed by atoms with van der Waals surface area (Å²) in [5, 5.41) is 0. The Labute approximate surface area is 179 Å². The third-order valence-electron chi connectivity index (χ3n) is 3.78. The molecule has 3 rings (SSSR count). The van der Waals surface area contributed by atoms with E-state index in [1.165, 1.54) is 24.3 Å². The lowest BCUT2D eigenvalue weighted by atomic mass is 10.1. The zero-order valence-corrected chi connectivity index (χ0v) is 18.6. The Kier molecular flexibility index (Phi) is 6.22. The molecule has 0 amide bonds. The van der Waals surface area contributed by atoms with E-state index >= 15 is 0 Å². The van der Waals surface area contributed by atoms with Crippen LogP contribution in [0, 0.1) is 6.92 Å². The smallest absolute Gasteiger partial charge is 0.284 e. The second-order valence-corrected chi connectivity index (χ2v) is 9.23. The predicted molar refractivity (Wildman–Crippen MR) is 118 cm³/mol. The van der Waals surface area contributed by atoms with Gasteiger partial charge in [0.05, 0.1) is 19.6 Å². The van der Waals surface area contributed by atoms with Gasteiger partial charge in [0, 0.05) is 5.56 Å². The van der Waals surface area contributed by atoms with Gasteiger partial charge >= 0.3 is 0 Å². The number of allylic oxidation sites excluding steroid dienone is 4. The van der Waals surface area contributed by atoms with Crippen molar-refractivity contribution >= 4 is 59.2 Å². The van der Waals surface area contributed by atoms with E-state index in [1.54, 1.807) is 36.4 Å². The molecule has 0 bridgehead atoms. The standard InChI is InChI=1S/C20H14Br2N2O3S/c1-13-7-9-16(10-8-13)28(26,27)24-20(14-5-3-2-4-6-14)23-15-11-17(21)19(25)18(22)12-15/h2-12H,1H3. The van der Waals surface area contributed by atoms with Gasteiger partial charge < -0.3 is 0 Å². The van der Waals surface area contributed by atoms with Crippen LogP contribution in [0.3, 0.4) is 0 Å². The summed E-state index contributed by atoms with van der Waals surface area (Å²) < 4.78 is 30.2. The van der Waals surface area contributed by atoms with Crippen molar-refractivity contribution in [3.63, 3.8) is 0 Å². The minimum absolute atomic E-state index is 0.0265. The number of carbonyl (C=O) groups is 1. The van der Waals surface area contributed by atoms with Crippen molar-refractivity contribution in [2.24, 2.45) is 9.39 Å². The minimum Gasteiger partial charge on any atom is -0.287 e. The van der Waals surface area contributed by atoms with Gasteiger partial charge in [0.1, 0.15) is 0 Å². The highest BCUT2D eigenvalue weighted by Gasteiger charge is 2.19. The van der Waals surface area contributed by atoms with Crippen LogP contribution in [0.4, 0.5) is 0 Å². The molecule has 0 heterocycles. The summed E-state index contributed by atoms with van der Waals surface area (Å²) in [4.78, 5) is 16.3. The number of hydrogen-bond acceptors (Lipinski definition) is 3. The molecule has 8 heteroatoms.